The fourth-order valence-corrected chi connectivity index (χ4v) is 0.837. The number of aryl methyl sites for hydroxylation is 1. The first kappa shape index (κ1) is 4.78. The average Bonchev–Trinajstić information content (AvgIpc) is 2.17. The van der Waals surface area contributed by atoms with Crippen molar-refractivity contribution in [2.45, 2.75) is 13.3 Å². The van der Waals surface area contributed by atoms with Crippen molar-refractivity contribution in [3.8, 4) is 0 Å². The first-order valence-electron chi connectivity index (χ1n) is 4.58. The zero-order chi connectivity index (χ0) is 8.97. The maximum Gasteiger partial charge on any atom is 0.160 e. The SMILES string of the molecule is [2H]CN([2H])c1ccc(CC)cc1. The monoisotopic (exact) mass is 137 g/mol. The third-order valence-corrected chi connectivity index (χ3v) is 1.53. The molecule has 0 aromatic heterocycles. The molecule has 0 fully saturated rings. The number of nitrogens with one attached hydrogen (secondary N) is 1. The summed E-state index contributed by atoms with van der Waals surface area (Å²) >= 11 is 0. The molecule has 0 aliphatic carbocycles. The van der Waals surface area contributed by atoms with E-state index in [1.54, 1.807) is 0 Å². The van der Waals surface area contributed by atoms with E-state index in [1.807, 2.05) is 24.3 Å². The van der Waals surface area contributed by atoms with Crippen LogP contribution in [0.1, 0.15) is 13.9 Å². The molecule has 0 aliphatic rings. The van der Waals surface area contributed by atoms with Crippen LogP contribution in [0.25, 0.3) is 0 Å². The van der Waals surface area contributed by atoms with Crippen molar-refractivity contribution in [2.24, 2.45) is 0 Å². The van der Waals surface area contributed by atoms with Crippen molar-refractivity contribution in [3.05, 3.63) is 29.8 Å². The Morgan fingerprint density at radius 2 is 2.20 bits per heavy atom. The molecule has 0 heterocycles. The molecule has 0 saturated carbocycles. The minimum atomic E-state index is -0.0223. The van der Waals surface area contributed by atoms with Crippen LogP contribution < -0.4 is 5.31 Å². The summed E-state index contributed by atoms with van der Waals surface area (Å²) in [5.74, 6) is 0. The van der Waals surface area contributed by atoms with Crippen molar-refractivity contribution >= 4 is 5.69 Å². The van der Waals surface area contributed by atoms with E-state index in [4.69, 9.17) is 2.78 Å². The topological polar surface area (TPSA) is 12.0 Å². The van der Waals surface area contributed by atoms with E-state index in [0.717, 1.165) is 17.4 Å². The summed E-state index contributed by atoms with van der Waals surface area (Å²) in [4.78, 5) is 0. The van der Waals surface area contributed by atoms with Gasteiger partial charge in [0.05, 0.1) is 0 Å². The Kier molecular flexibility index (Phi) is 1.55. The Balaban J connectivity index is 2.77. The van der Waals surface area contributed by atoms with Gasteiger partial charge < -0.3 is 5.31 Å². The van der Waals surface area contributed by atoms with Gasteiger partial charge >= 0.3 is 0 Å². The molecule has 1 heteroatoms. The Morgan fingerprint density at radius 3 is 2.70 bits per heavy atom. The molecule has 0 spiro atoms. The molecule has 0 atom stereocenters. The molecule has 0 amide bonds. The Bertz CT molecular complexity index is 233. The second-order valence-corrected chi connectivity index (χ2v) is 2.18. The molecule has 0 saturated heterocycles. The van der Waals surface area contributed by atoms with Crippen molar-refractivity contribution in [1.29, 1.82) is 0 Å². The van der Waals surface area contributed by atoms with Gasteiger partial charge in [0.15, 0.2) is 1.41 Å². The highest BCUT2D eigenvalue weighted by Gasteiger charge is 1.87. The number of rotatable bonds is 2. The molecule has 1 N–H and O–H groups in total. The van der Waals surface area contributed by atoms with E-state index >= 15 is 0 Å². The van der Waals surface area contributed by atoms with Crippen molar-refractivity contribution in [1.82, 2.24) is 0 Å². The van der Waals surface area contributed by atoms with Crippen LogP contribution in [0.4, 0.5) is 5.69 Å². The smallest absolute Gasteiger partial charge is 0.160 e. The summed E-state index contributed by atoms with van der Waals surface area (Å²) in [6, 6.07) is 7.74. The van der Waals surface area contributed by atoms with Crippen LogP contribution in [0.2, 0.25) is 1.41 Å². The lowest BCUT2D eigenvalue weighted by molar-refractivity contribution is 1.14. The number of hydrogen-bond acceptors (Lipinski definition) is 1. The van der Waals surface area contributed by atoms with Crippen molar-refractivity contribution in [2.75, 3.05) is 12.3 Å². The highest BCUT2D eigenvalue weighted by atomic mass is 14.8. The fourth-order valence-electron chi connectivity index (χ4n) is 0.837. The van der Waals surface area contributed by atoms with Gasteiger partial charge in [-0.05, 0) is 24.1 Å². The van der Waals surface area contributed by atoms with E-state index < -0.39 is 0 Å². The zero-order valence-corrected chi connectivity index (χ0v) is 6.17. The first-order valence-corrected chi connectivity index (χ1v) is 3.42. The van der Waals surface area contributed by atoms with Gasteiger partial charge in [0.25, 0.3) is 0 Å². The van der Waals surface area contributed by atoms with E-state index in [-0.39, 0.29) is 7.02 Å². The van der Waals surface area contributed by atoms with E-state index in [0.29, 0.717) is 0 Å². The van der Waals surface area contributed by atoms with E-state index in [2.05, 4.69) is 6.92 Å². The average molecular weight is 137 g/mol. The molecule has 54 valence electrons. The third-order valence-electron chi connectivity index (χ3n) is 1.53. The number of benzene rings is 1. The van der Waals surface area contributed by atoms with Gasteiger partial charge in [0, 0.05) is 14.1 Å². The largest absolute Gasteiger partial charge is 0.388 e. The molecular formula is C9H13N. The minimum Gasteiger partial charge on any atom is -0.388 e. The molecule has 10 heavy (non-hydrogen) atoms. The van der Waals surface area contributed by atoms with E-state index in [1.165, 1.54) is 5.56 Å². The third kappa shape index (κ3) is 1.50. The van der Waals surface area contributed by atoms with Gasteiger partial charge in [-0.2, -0.15) is 0 Å². The standard InChI is InChI=1S/C9H13N/c1-3-8-4-6-9(10-2)7-5-8/h4-7,10H,3H2,1-2H3/i2D/hD. The molecule has 0 radical (unpaired) electrons. The lowest BCUT2D eigenvalue weighted by atomic mass is 10.1. The van der Waals surface area contributed by atoms with Crippen LogP contribution >= 0.6 is 0 Å². The summed E-state index contributed by atoms with van der Waals surface area (Å²) in [5.41, 5.74) is 2.04. The first-order chi connectivity index (χ1) is 5.77. The van der Waals surface area contributed by atoms with Crippen LogP contribution in [0.3, 0.4) is 0 Å². The normalized spacial score (nSPS) is 12.1. The summed E-state index contributed by atoms with van der Waals surface area (Å²) in [5, 5.41) is 1.15. The lowest BCUT2D eigenvalue weighted by Gasteiger charge is -1.99. The molecule has 0 aliphatic heterocycles. The van der Waals surface area contributed by atoms with Crippen molar-refractivity contribution in [3.63, 3.8) is 0 Å². The van der Waals surface area contributed by atoms with Gasteiger partial charge in [0.1, 0.15) is 0 Å². The summed E-state index contributed by atoms with van der Waals surface area (Å²) in [6.45, 7) is 2.10. The predicted molar refractivity (Wildman–Crippen MR) is 45.4 cm³/mol. The zero-order valence-electron chi connectivity index (χ0n) is 8.17. The Labute approximate surface area is 64.9 Å². The highest BCUT2D eigenvalue weighted by molar-refractivity contribution is 5.43. The quantitative estimate of drug-likeness (QED) is 0.659. The van der Waals surface area contributed by atoms with Crippen LogP contribution in [-0.4, -0.2) is 7.02 Å². The summed E-state index contributed by atoms with van der Waals surface area (Å²) in [7, 11) is -0.0223. The number of anilines is 1. The van der Waals surface area contributed by atoms with Gasteiger partial charge in [-0.15, -0.1) is 0 Å². The Hall–Kier alpha value is -0.980. The molecular weight excluding hydrogens is 122 g/mol. The fraction of sp³-hybridized carbons (Fsp3) is 0.333. The van der Waals surface area contributed by atoms with Crippen LogP contribution in [-0.2, 0) is 6.42 Å². The van der Waals surface area contributed by atoms with Crippen LogP contribution in [0.5, 0.6) is 0 Å². The summed E-state index contributed by atoms with van der Waals surface area (Å²) in [6.07, 6.45) is 1.01. The van der Waals surface area contributed by atoms with Gasteiger partial charge in [-0.1, -0.05) is 19.1 Å². The highest BCUT2D eigenvalue weighted by Crippen LogP contribution is 2.08. The molecule has 1 rings (SSSR count). The second kappa shape index (κ2) is 3.25. The second-order valence-electron chi connectivity index (χ2n) is 2.18. The molecule has 1 nitrogen and oxygen atoms in total. The van der Waals surface area contributed by atoms with Gasteiger partial charge in [0.2, 0.25) is 0 Å². The van der Waals surface area contributed by atoms with Crippen molar-refractivity contribution < 1.29 is 2.78 Å². The molecule has 0 unspecified atom stereocenters. The lowest BCUT2D eigenvalue weighted by Crippen LogP contribution is -1.87. The molecule has 1 aromatic rings. The summed E-state index contributed by atoms with van der Waals surface area (Å²) < 4.78 is 14.3. The maximum atomic E-state index is 7.34. The van der Waals surface area contributed by atoms with Gasteiger partial charge in [-0.25, -0.2) is 0 Å². The van der Waals surface area contributed by atoms with Gasteiger partial charge in [-0.3, -0.25) is 0 Å². The Morgan fingerprint density at radius 1 is 1.50 bits per heavy atom. The van der Waals surface area contributed by atoms with Crippen LogP contribution in [0, 0.1) is 0 Å². The van der Waals surface area contributed by atoms with Crippen LogP contribution in [0.15, 0.2) is 24.3 Å². The maximum absolute atomic E-state index is 7.34. The molecule has 0 bridgehead atoms. The number of hydrogen-bond donors (Lipinski definition) is 1. The minimum absolute atomic E-state index is 0.0223. The van der Waals surface area contributed by atoms with E-state index in [9.17, 15) is 0 Å². The molecule has 1 aromatic carbocycles. The predicted octanol–water partition coefficient (Wildman–Crippen LogP) is 2.29.